The van der Waals surface area contributed by atoms with Crippen molar-refractivity contribution in [3.05, 3.63) is 42.4 Å². The van der Waals surface area contributed by atoms with Gasteiger partial charge in [0.2, 0.25) is 0 Å². The number of carbonyl (C=O) groups excluding carboxylic acids is 1. The maximum Gasteiger partial charge on any atom is 0.274 e. The smallest absolute Gasteiger partial charge is 0.274 e. The van der Waals surface area contributed by atoms with Crippen molar-refractivity contribution in [1.29, 1.82) is 0 Å². The molecule has 0 unspecified atom stereocenters. The van der Waals surface area contributed by atoms with E-state index in [1.807, 2.05) is 26.0 Å². The van der Waals surface area contributed by atoms with E-state index in [9.17, 15) is 4.79 Å². The molecule has 2 aromatic rings. The van der Waals surface area contributed by atoms with Crippen molar-refractivity contribution in [2.24, 2.45) is 0 Å². The van der Waals surface area contributed by atoms with Crippen LogP contribution in [0.4, 0.5) is 11.5 Å². The number of aromatic nitrogens is 2. The van der Waals surface area contributed by atoms with Crippen molar-refractivity contribution < 1.29 is 9.53 Å². The number of carbonyl (C=O) groups is 1. The first-order valence-corrected chi connectivity index (χ1v) is 6.63. The maximum absolute atomic E-state index is 12.2. The van der Waals surface area contributed by atoms with Crippen LogP contribution in [0, 0.1) is 0 Å². The summed E-state index contributed by atoms with van der Waals surface area (Å²) in [6.07, 6.45) is 1.36. The van der Waals surface area contributed by atoms with E-state index in [-0.39, 0.29) is 11.9 Å². The van der Waals surface area contributed by atoms with Gasteiger partial charge in [-0.3, -0.25) is 4.79 Å². The van der Waals surface area contributed by atoms with Gasteiger partial charge in [0.05, 0.1) is 12.8 Å². The third kappa shape index (κ3) is 3.92. The van der Waals surface area contributed by atoms with Crippen LogP contribution < -0.4 is 15.4 Å². The van der Waals surface area contributed by atoms with E-state index in [0.717, 1.165) is 0 Å². The van der Waals surface area contributed by atoms with Gasteiger partial charge in [-0.15, -0.1) is 0 Å². The van der Waals surface area contributed by atoms with Crippen LogP contribution >= 0.6 is 0 Å². The zero-order chi connectivity index (χ0) is 15.2. The summed E-state index contributed by atoms with van der Waals surface area (Å²) in [7, 11) is 1.56. The van der Waals surface area contributed by atoms with Crippen LogP contribution in [0.3, 0.4) is 0 Å². The van der Waals surface area contributed by atoms with Gasteiger partial charge < -0.3 is 15.4 Å². The Hall–Kier alpha value is -2.63. The lowest BCUT2D eigenvalue weighted by molar-refractivity contribution is 0.102. The number of benzene rings is 1. The number of anilines is 2. The minimum absolute atomic E-state index is 0.227. The summed E-state index contributed by atoms with van der Waals surface area (Å²) in [6.45, 7) is 3.99. The molecule has 0 saturated carbocycles. The number of rotatable bonds is 5. The van der Waals surface area contributed by atoms with E-state index in [1.165, 1.54) is 6.33 Å². The standard InChI is InChI=1S/C15H18N4O2/c1-10(2)18-14-8-12(16-9-17-14)15(20)19-11-6-4-5-7-13(11)21-3/h4-10H,1-3H3,(H,19,20)(H,16,17,18). The van der Waals surface area contributed by atoms with Crippen LogP contribution in [0.15, 0.2) is 36.7 Å². The molecule has 0 fully saturated rings. The molecule has 110 valence electrons. The molecule has 0 spiro atoms. The normalized spacial score (nSPS) is 10.3. The Labute approximate surface area is 123 Å². The highest BCUT2D eigenvalue weighted by molar-refractivity contribution is 6.04. The Bertz CT molecular complexity index is 629. The lowest BCUT2D eigenvalue weighted by Crippen LogP contribution is -2.16. The molecule has 1 heterocycles. The minimum atomic E-state index is -0.311. The summed E-state index contributed by atoms with van der Waals surface area (Å²) in [5, 5.41) is 5.91. The summed E-state index contributed by atoms with van der Waals surface area (Å²) in [4.78, 5) is 20.3. The van der Waals surface area contributed by atoms with Crippen LogP contribution in [0.1, 0.15) is 24.3 Å². The lowest BCUT2D eigenvalue weighted by atomic mass is 10.2. The van der Waals surface area contributed by atoms with Crippen molar-refractivity contribution in [2.75, 3.05) is 17.7 Å². The summed E-state index contributed by atoms with van der Waals surface area (Å²) in [6, 6.07) is 9.05. The van der Waals surface area contributed by atoms with Gasteiger partial charge in [-0.1, -0.05) is 12.1 Å². The summed E-state index contributed by atoms with van der Waals surface area (Å²) in [5.74, 6) is 0.902. The fourth-order valence-corrected chi connectivity index (χ4v) is 1.79. The molecule has 1 aromatic heterocycles. The molecular formula is C15H18N4O2. The summed E-state index contributed by atoms with van der Waals surface area (Å²) in [5.41, 5.74) is 0.890. The van der Waals surface area contributed by atoms with Crippen molar-refractivity contribution in [3.8, 4) is 5.75 Å². The molecule has 0 aliphatic heterocycles. The van der Waals surface area contributed by atoms with Gasteiger partial charge in [-0.05, 0) is 26.0 Å². The van der Waals surface area contributed by atoms with E-state index in [4.69, 9.17) is 4.74 Å². The van der Waals surface area contributed by atoms with Crippen molar-refractivity contribution in [1.82, 2.24) is 9.97 Å². The van der Waals surface area contributed by atoms with Gasteiger partial charge in [0.15, 0.2) is 0 Å². The predicted molar refractivity (Wildman–Crippen MR) is 81.7 cm³/mol. The molecule has 0 radical (unpaired) electrons. The SMILES string of the molecule is COc1ccccc1NC(=O)c1cc(NC(C)C)ncn1. The highest BCUT2D eigenvalue weighted by Crippen LogP contribution is 2.23. The first-order chi connectivity index (χ1) is 10.1. The van der Waals surface area contributed by atoms with Crippen LogP contribution in [0.2, 0.25) is 0 Å². The first-order valence-electron chi connectivity index (χ1n) is 6.63. The van der Waals surface area contributed by atoms with E-state index in [2.05, 4.69) is 20.6 Å². The van der Waals surface area contributed by atoms with Gasteiger partial charge in [-0.25, -0.2) is 9.97 Å². The Morgan fingerprint density at radius 3 is 2.71 bits per heavy atom. The largest absolute Gasteiger partial charge is 0.495 e. The van der Waals surface area contributed by atoms with Crippen LogP contribution in [0.5, 0.6) is 5.75 Å². The number of ether oxygens (including phenoxy) is 1. The molecular weight excluding hydrogens is 268 g/mol. The Morgan fingerprint density at radius 1 is 1.24 bits per heavy atom. The molecule has 2 N–H and O–H groups in total. The lowest BCUT2D eigenvalue weighted by Gasteiger charge is -2.11. The van der Waals surface area contributed by atoms with Crippen molar-refractivity contribution in [3.63, 3.8) is 0 Å². The highest BCUT2D eigenvalue weighted by Gasteiger charge is 2.11. The molecule has 0 saturated heterocycles. The summed E-state index contributed by atoms with van der Waals surface area (Å²) >= 11 is 0. The molecule has 0 aliphatic rings. The van der Waals surface area contributed by atoms with Crippen LogP contribution in [0.25, 0.3) is 0 Å². The monoisotopic (exact) mass is 286 g/mol. The molecule has 6 heteroatoms. The fraction of sp³-hybridized carbons (Fsp3) is 0.267. The van der Waals surface area contributed by atoms with Crippen molar-refractivity contribution >= 4 is 17.4 Å². The molecule has 1 aromatic carbocycles. The number of hydrogen-bond acceptors (Lipinski definition) is 5. The average molecular weight is 286 g/mol. The number of amides is 1. The second-order valence-electron chi connectivity index (χ2n) is 4.74. The zero-order valence-electron chi connectivity index (χ0n) is 12.3. The molecule has 1 amide bonds. The van der Waals surface area contributed by atoms with E-state index in [1.54, 1.807) is 25.3 Å². The number of para-hydroxylation sites is 2. The molecule has 0 bridgehead atoms. The van der Waals surface area contributed by atoms with Crippen molar-refractivity contribution in [2.45, 2.75) is 19.9 Å². The zero-order valence-corrected chi connectivity index (χ0v) is 12.3. The third-order valence-electron chi connectivity index (χ3n) is 2.69. The van der Waals surface area contributed by atoms with Crippen LogP contribution in [-0.2, 0) is 0 Å². The van der Waals surface area contributed by atoms with Gasteiger partial charge in [0.1, 0.15) is 23.6 Å². The molecule has 6 nitrogen and oxygen atoms in total. The van der Waals surface area contributed by atoms with Gasteiger partial charge >= 0.3 is 0 Å². The number of hydrogen-bond donors (Lipinski definition) is 2. The predicted octanol–water partition coefficient (Wildman–Crippen LogP) is 2.56. The topological polar surface area (TPSA) is 76.1 Å². The van der Waals surface area contributed by atoms with E-state index >= 15 is 0 Å². The van der Waals surface area contributed by atoms with E-state index < -0.39 is 0 Å². The van der Waals surface area contributed by atoms with Gasteiger partial charge in [0, 0.05) is 12.1 Å². The summed E-state index contributed by atoms with van der Waals surface area (Å²) < 4.78 is 5.20. The Kier molecular flexibility index (Phi) is 4.71. The molecule has 2 rings (SSSR count). The average Bonchev–Trinajstić information content (AvgIpc) is 2.47. The molecule has 21 heavy (non-hydrogen) atoms. The highest BCUT2D eigenvalue weighted by atomic mass is 16.5. The van der Waals surface area contributed by atoms with Gasteiger partial charge in [0.25, 0.3) is 5.91 Å². The molecule has 0 aliphatic carbocycles. The number of methoxy groups -OCH3 is 1. The maximum atomic E-state index is 12.2. The first kappa shape index (κ1) is 14.8. The molecule has 0 atom stereocenters. The second-order valence-corrected chi connectivity index (χ2v) is 4.74. The number of nitrogens with one attached hydrogen (secondary N) is 2. The quantitative estimate of drug-likeness (QED) is 0.883. The van der Waals surface area contributed by atoms with Crippen LogP contribution in [-0.4, -0.2) is 29.0 Å². The third-order valence-corrected chi connectivity index (χ3v) is 2.69. The second kappa shape index (κ2) is 6.69. The number of nitrogens with zero attached hydrogens (tertiary/aromatic N) is 2. The minimum Gasteiger partial charge on any atom is -0.495 e. The van der Waals surface area contributed by atoms with E-state index in [0.29, 0.717) is 22.9 Å². The Balaban J connectivity index is 2.16. The fourth-order valence-electron chi connectivity index (χ4n) is 1.79. The Morgan fingerprint density at radius 2 is 2.00 bits per heavy atom. The van der Waals surface area contributed by atoms with Gasteiger partial charge in [-0.2, -0.15) is 0 Å².